The summed E-state index contributed by atoms with van der Waals surface area (Å²) in [6.07, 6.45) is 1.48. The second-order valence-corrected chi connectivity index (χ2v) is 7.72. The molecule has 0 amide bonds. The van der Waals surface area contributed by atoms with Crippen molar-refractivity contribution in [3.8, 4) is 17.1 Å². The fourth-order valence-corrected chi connectivity index (χ4v) is 3.91. The van der Waals surface area contributed by atoms with Crippen LogP contribution in [0.15, 0.2) is 54.6 Å². The summed E-state index contributed by atoms with van der Waals surface area (Å²) >= 11 is 11.8. The molecule has 0 radical (unpaired) electrons. The van der Waals surface area contributed by atoms with Crippen molar-refractivity contribution in [2.24, 2.45) is 0 Å². The van der Waals surface area contributed by atoms with Gasteiger partial charge in [-0.25, -0.2) is 0 Å². The molecule has 2 heterocycles. The molecule has 27 heavy (non-hydrogen) atoms. The third-order valence-corrected chi connectivity index (χ3v) is 5.64. The minimum absolute atomic E-state index is 0.173. The number of piperidine rings is 1. The van der Waals surface area contributed by atoms with E-state index < -0.39 is 0 Å². The molecule has 4 rings (SSSR count). The van der Waals surface area contributed by atoms with E-state index in [1.54, 1.807) is 0 Å². The number of hydrogen-bond acceptors (Lipinski definition) is 3. The number of hydrogen-bond donors (Lipinski definition) is 2. The molecule has 0 bridgehead atoms. The zero-order valence-corrected chi connectivity index (χ0v) is 16.5. The summed E-state index contributed by atoms with van der Waals surface area (Å²) in [7, 11) is 0. The van der Waals surface area contributed by atoms with E-state index in [-0.39, 0.29) is 6.10 Å². The molecule has 3 aromatic rings. The molecule has 2 N–H and O–H groups in total. The average Bonchev–Trinajstić information content (AvgIpc) is 3.01. The molecule has 1 aliphatic heterocycles. The Hall–Kier alpha value is -1.99. The second-order valence-electron chi connectivity index (χ2n) is 6.92. The fourth-order valence-electron chi connectivity index (χ4n) is 3.49. The Morgan fingerprint density at radius 2 is 1.74 bits per heavy atom. The lowest BCUT2D eigenvalue weighted by Gasteiger charge is -2.26. The number of aliphatic hydroxyl groups excluding tert-OH is 1. The molecule has 1 aromatic heterocycles. The zero-order valence-electron chi connectivity index (χ0n) is 14.9. The molecule has 1 fully saturated rings. The minimum Gasteiger partial charge on any atom is -0.393 e. The summed E-state index contributed by atoms with van der Waals surface area (Å²) in [4.78, 5) is 1.39. The van der Waals surface area contributed by atoms with Crippen LogP contribution in [-0.2, 0) is 6.67 Å². The summed E-state index contributed by atoms with van der Waals surface area (Å²) in [5.74, 6) is 0.805. The van der Waals surface area contributed by atoms with Gasteiger partial charge in [0.05, 0.1) is 19.2 Å². The molecule has 5 nitrogen and oxygen atoms in total. The van der Waals surface area contributed by atoms with Crippen LogP contribution in [0.5, 0.6) is 0 Å². The van der Waals surface area contributed by atoms with Crippen molar-refractivity contribution >= 4 is 23.8 Å². The molecule has 0 unspecified atom stereocenters. The van der Waals surface area contributed by atoms with Crippen LogP contribution in [0.4, 0.5) is 0 Å². The number of benzene rings is 2. The van der Waals surface area contributed by atoms with Gasteiger partial charge in [-0.05, 0) is 48.6 Å². The van der Waals surface area contributed by atoms with Crippen molar-refractivity contribution in [3.63, 3.8) is 0 Å². The topological polar surface area (TPSA) is 47.4 Å². The first-order chi connectivity index (χ1) is 13.1. The van der Waals surface area contributed by atoms with E-state index in [0.717, 1.165) is 43.0 Å². The highest BCUT2D eigenvalue weighted by Crippen LogP contribution is 2.24. The monoisotopic (exact) mass is 401 g/mol. The Morgan fingerprint density at radius 1 is 1.07 bits per heavy atom. The molecule has 1 saturated heterocycles. The van der Waals surface area contributed by atoms with Gasteiger partial charge in [-0.3, -0.25) is 4.57 Å². The Morgan fingerprint density at radius 3 is 2.41 bits per heavy atom. The van der Waals surface area contributed by atoms with Gasteiger partial charge in [-0.15, -0.1) is 5.10 Å². The molecule has 0 spiro atoms. The van der Waals surface area contributed by atoms with Crippen LogP contribution in [0.25, 0.3) is 17.1 Å². The van der Waals surface area contributed by atoms with Gasteiger partial charge < -0.3 is 10.0 Å². The molecule has 7 heteroatoms. The number of halogens is 1. The lowest BCUT2D eigenvalue weighted by atomic mass is 10.1. The van der Waals surface area contributed by atoms with Gasteiger partial charge in [-0.2, -0.15) is 4.68 Å². The van der Waals surface area contributed by atoms with Crippen molar-refractivity contribution in [1.82, 2.24) is 14.3 Å². The van der Waals surface area contributed by atoms with Gasteiger partial charge in [-0.1, -0.05) is 29.8 Å². The maximum Gasteiger partial charge on any atom is 0.207 e. The normalized spacial score (nSPS) is 19.9. The van der Waals surface area contributed by atoms with Crippen molar-refractivity contribution < 1.29 is 10.0 Å². The van der Waals surface area contributed by atoms with E-state index in [9.17, 15) is 5.11 Å². The van der Waals surface area contributed by atoms with Gasteiger partial charge in [0, 0.05) is 29.1 Å². The molecule has 0 saturated carbocycles. The highest BCUT2D eigenvalue weighted by Gasteiger charge is 2.22. The van der Waals surface area contributed by atoms with Crippen LogP contribution < -0.4 is 4.90 Å². The summed E-state index contributed by atoms with van der Waals surface area (Å²) in [5.41, 5.74) is 1.96. The first-order valence-corrected chi connectivity index (χ1v) is 9.93. The minimum atomic E-state index is -0.173. The number of rotatable bonds is 4. The van der Waals surface area contributed by atoms with Gasteiger partial charge in [0.2, 0.25) is 4.77 Å². The van der Waals surface area contributed by atoms with E-state index in [0.29, 0.717) is 16.5 Å². The quantitative estimate of drug-likeness (QED) is 0.661. The smallest absolute Gasteiger partial charge is 0.207 e. The molecule has 0 atom stereocenters. The number of nitrogens with zero attached hydrogens (tertiary/aromatic N) is 3. The third kappa shape index (κ3) is 3.99. The first-order valence-electron chi connectivity index (χ1n) is 9.14. The number of nitrogens with one attached hydrogen (secondary N) is 1. The molecular weight excluding hydrogens is 380 g/mol. The molecule has 140 valence electrons. The maximum atomic E-state index is 9.74. The average molecular weight is 402 g/mol. The SMILES string of the molecule is OC1CC[NH+](Cn2nc(-c3ccc(Cl)cc3)n(-c3ccccc3)c2=S)CC1. The van der Waals surface area contributed by atoms with E-state index >= 15 is 0 Å². The Labute approximate surface area is 168 Å². The summed E-state index contributed by atoms with van der Waals surface area (Å²) in [6.45, 7) is 2.56. The molecule has 2 aromatic carbocycles. The summed E-state index contributed by atoms with van der Waals surface area (Å²) < 4.78 is 4.58. The van der Waals surface area contributed by atoms with Crippen molar-refractivity contribution in [2.45, 2.75) is 25.6 Å². The Kier molecular flexibility index (Phi) is 5.41. The lowest BCUT2D eigenvalue weighted by Crippen LogP contribution is -3.12. The van der Waals surface area contributed by atoms with E-state index in [1.807, 2.05) is 63.8 Å². The molecule has 1 aliphatic rings. The zero-order chi connectivity index (χ0) is 18.8. The van der Waals surface area contributed by atoms with Crippen molar-refractivity contribution in [3.05, 3.63) is 64.4 Å². The standard InChI is InChI=1S/C20H21ClN4OS/c21-16-8-6-15(7-9-16)19-22-24(14-23-12-10-18(26)11-13-23)20(27)25(19)17-4-2-1-3-5-17/h1-9,18,26H,10-14H2/p+1. The highest BCUT2D eigenvalue weighted by molar-refractivity contribution is 7.71. The third-order valence-electron chi connectivity index (χ3n) is 4.99. The Balaban J connectivity index is 1.75. The predicted molar refractivity (Wildman–Crippen MR) is 109 cm³/mol. The van der Waals surface area contributed by atoms with Crippen LogP contribution in [0.3, 0.4) is 0 Å². The number of para-hydroxylation sites is 1. The fraction of sp³-hybridized carbons (Fsp3) is 0.300. The number of aromatic nitrogens is 3. The Bertz CT molecular complexity index is 960. The van der Waals surface area contributed by atoms with E-state index in [1.165, 1.54) is 4.90 Å². The number of quaternary nitrogens is 1. The highest BCUT2D eigenvalue weighted by atomic mass is 35.5. The first kappa shape index (κ1) is 18.4. The van der Waals surface area contributed by atoms with Crippen LogP contribution in [0.2, 0.25) is 5.02 Å². The van der Waals surface area contributed by atoms with E-state index in [2.05, 4.69) is 0 Å². The van der Waals surface area contributed by atoms with Gasteiger partial charge in [0.25, 0.3) is 0 Å². The summed E-state index contributed by atoms with van der Waals surface area (Å²) in [5, 5.41) is 15.3. The summed E-state index contributed by atoms with van der Waals surface area (Å²) in [6, 6.07) is 17.7. The largest absolute Gasteiger partial charge is 0.393 e. The van der Waals surface area contributed by atoms with Crippen LogP contribution in [0.1, 0.15) is 12.8 Å². The predicted octanol–water partition coefficient (Wildman–Crippen LogP) is 2.72. The second kappa shape index (κ2) is 7.94. The molecule has 0 aliphatic carbocycles. The van der Waals surface area contributed by atoms with Crippen molar-refractivity contribution in [1.29, 1.82) is 0 Å². The van der Waals surface area contributed by atoms with E-state index in [4.69, 9.17) is 28.9 Å². The van der Waals surface area contributed by atoms with Crippen LogP contribution in [-0.4, -0.2) is 38.6 Å². The van der Waals surface area contributed by atoms with Crippen LogP contribution >= 0.6 is 23.8 Å². The van der Waals surface area contributed by atoms with Crippen LogP contribution in [0, 0.1) is 4.77 Å². The van der Waals surface area contributed by atoms with Crippen molar-refractivity contribution in [2.75, 3.05) is 13.1 Å². The number of aliphatic hydroxyl groups is 1. The lowest BCUT2D eigenvalue weighted by molar-refractivity contribution is -0.929. The van der Waals surface area contributed by atoms with Gasteiger partial charge >= 0.3 is 0 Å². The van der Waals surface area contributed by atoms with Gasteiger partial charge in [0.1, 0.15) is 0 Å². The number of likely N-dealkylation sites (tertiary alicyclic amines) is 1. The van der Waals surface area contributed by atoms with Gasteiger partial charge in [0.15, 0.2) is 12.5 Å². The molecular formula is C20H22ClN4OS+. The maximum absolute atomic E-state index is 9.74.